The lowest BCUT2D eigenvalue weighted by Crippen LogP contribution is -2.37. The number of nitrogens with zero attached hydrogens (tertiary/aromatic N) is 10. The Morgan fingerprint density at radius 3 is 2.03 bits per heavy atom. The van der Waals surface area contributed by atoms with E-state index in [0.29, 0.717) is 45.3 Å². The van der Waals surface area contributed by atoms with Crippen LogP contribution in [-0.4, -0.2) is 62.8 Å². The summed E-state index contributed by atoms with van der Waals surface area (Å²) in [6.45, 7) is 7.33. The van der Waals surface area contributed by atoms with E-state index >= 15 is 0 Å². The van der Waals surface area contributed by atoms with Crippen molar-refractivity contribution in [3.8, 4) is 28.3 Å². The van der Waals surface area contributed by atoms with Crippen molar-refractivity contribution in [1.29, 1.82) is 0 Å². The van der Waals surface area contributed by atoms with Crippen molar-refractivity contribution in [1.82, 2.24) is 44.6 Å². The molecular weight excluding hydrogens is 754 g/mol. The van der Waals surface area contributed by atoms with E-state index in [-0.39, 0.29) is 35.3 Å². The van der Waals surface area contributed by atoms with Crippen molar-refractivity contribution < 1.29 is 32.1 Å². The summed E-state index contributed by atoms with van der Waals surface area (Å²) in [5, 5.41) is 31.6. The lowest BCUT2D eigenvalue weighted by Gasteiger charge is -2.09. The van der Waals surface area contributed by atoms with Crippen molar-refractivity contribution in [2.75, 3.05) is 10.6 Å². The number of rotatable bonds is 9. The highest BCUT2D eigenvalue weighted by Crippen LogP contribution is 2.28. The summed E-state index contributed by atoms with van der Waals surface area (Å²) in [6.07, 6.45) is -4.88. The largest absolute Gasteiger partial charge is 0.573 e. The first-order valence-electron chi connectivity index (χ1n) is 17.8. The summed E-state index contributed by atoms with van der Waals surface area (Å²) in [4.78, 5) is 32.0. The Bertz CT molecular complexity index is 2870. The van der Waals surface area contributed by atoms with Crippen LogP contribution in [0.2, 0.25) is 0 Å². The van der Waals surface area contributed by atoms with Gasteiger partial charge in [-0.1, -0.05) is 45.5 Å². The van der Waals surface area contributed by atoms with E-state index in [0.717, 1.165) is 11.1 Å². The number of carbonyl (C=O) groups is 2. The molecule has 2 N–H and O–H groups in total. The van der Waals surface area contributed by atoms with Crippen molar-refractivity contribution in [3.63, 3.8) is 0 Å². The Hall–Kier alpha value is -7.63. The Morgan fingerprint density at radius 1 is 0.707 bits per heavy atom. The van der Waals surface area contributed by atoms with Gasteiger partial charge in [0.15, 0.2) is 28.7 Å². The van der Waals surface area contributed by atoms with Crippen LogP contribution in [0.4, 0.5) is 24.8 Å². The fourth-order valence-corrected chi connectivity index (χ4v) is 6.46. The Kier molecular flexibility index (Phi) is 9.51. The molecule has 0 spiro atoms. The average Bonchev–Trinajstić information content (AvgIpc) is 3.67. The summed E-state index contributed by atoms with van der Waals surface area (Å²) >= 11 is 0. The van der Waals surface area contributed by atoms with Crippen molar-refractivity contribution in [2.24, 2.45) is 0 Å². The van der Waals surface area contributed by atoms with E-state index in [1.807, 2.05) is 37.3 Å². The highest BCUT2D eigenvalue weighted by atomic mass is 19.4. The first-order chi connectivity index (χ1) is 27.8. The van der Waals surface area contributed by atoms with Gasteiger partial charge in [-0.25, -0.2) is 14.1 Å². The van der Waals surface area contributed by atoms with Crippen LogP contribution in [0.1, 0.15) is 49.3 Å². The van der Waals surface area contributed by atoms with E-state index in [9.17, 15) is 22.8 Å². The lowest BCUT2D eigenvalue weighted by molar-refractivity contribution is -0.668. The number of hydrogen-bond acceptors (Lipinski definition) is 10. The fraction of sp³-hybridized carbons (Fsp3) is 0.150. The van der Waals surface area contributed by atoms with Gasteiger partial charge in [0.2, 0.25) is 0 Å². The molecule has 0 fully saturated rings. The highest BCUT2D eigenvalue weighted by molar-refractivity contribution is 6.04. The molecule has 0 bridgehead atoms. The molecule has 8 aromatic rings. The molecule has 0 radical (unpaired) electrons. The number of amides is 2. The molecule has 0 aliphatic heterocycles. The van der Waals surface area contributed by atoms with Gasteiger partial charge < -0.3 is 15.4 Å². The van der Waals surface area contributed by atoms with Crippen LogP contribution in [0, 0.1) is 27.7 Å². The molecule has 8 rings (SSSR count). The number of nitrogens with one attached hydrogen (secondary N) is 2. The molecule has 2 aromatic carbocycles. The molecule has 0 aliphatic rings. The van der Waals surface area contributed by atoms with Gasteiger partial charge in [0.1, 0.15) is 23.7 Å². The summed E-state index contributed by atoms with van der Waals surface area (Å²) in [7, 11) is 0. The van der Waals surface area contributed by atoms with E-state index in [2.05, 4.69) is 45.8 Å². The van der Waals surface area contributed by atoms with Gasteiger partial charge in [0, 0.05) is 24.1 Å². The molecule has 0 aliphatic carbocycles. The maximum atomic E-state index is 13.8. The maximum Gasteiger partial charge on any atom is 0.573 e. The van der Waals surface area contributed by atoms with Crippen molar-refractivity contribution in [3.05, 3.63) is 137 Å². The molecule has 0 saturated heterocycles. The fourth-order valence-electron chi connectivity index (χ4n) is 6.46. The van der Waals surface area contributed by atoms with Crippen LogP contribution >= 0.6 is 0 Å². The smallest absolute Gasteiger partial charge is 0.406 e. The Morgan fingerprint density at radius 2 is 1.36 bits per heavy atom. The minimum Gasteiger partial charge on any atom is -0.406 e. The van der Waals surface area contributed by atoms with Gasteiger partial charge in [-0.15, -0.1) is 28.5 Å². The van der Waals surface area contributed by atoms with Gasteiger partial charge in [0.05, 0.1) is 17.1 Å². The van der Waals surface area contributed by atoms with Crippen LogP contribution in [-0.2, 0) is 6.54 Å². The van der Waals surface area contributed by atoms with Crippen LogP contribution in [0.3, 0.4) is 0 Å². The molecule has 6 heterocycles. The Balaban J connectivity index is 1.09. The number of carbonyl (C=O) groups excluding carboxylic acids is 2. The van der Waals surface area contributed by atoms with Gasteiger partial charge in [-0.2, -0.15) is 10.2 Å². The second-order valence-corrected chi connectivity index (χ2v) is 13.4. The van der Waals surface area contributed by atoms with Crippen LogP contribution in [0.15, 0.2) is 97.1 Å². The molecule has 0 unspecified atom stereocenters. The molecule has 0 atom stereocenters. The number of imidazole rings is 2. The number of benzene rings is 2. The van der Waals surface area contributed by atoms with E-state index < -0.39 is 23.9 Å². The van der Waals surface area contributed by atoms with E-state index in [1.165, 1.54) is 27.2 Å². The number of anilines is 2. The zero-order valence-corrected chi connectivity index (χ0v) is 31.3. The molecule has 2 amide bonds. The SMILES string of the molecule is Cc1cccc(-c2ccc3nc(C)c(C(=O)Nc4ccc(C[n+]5c(C)c(C(=O)Nc6ccc(C)nn6)n6nc(-c7cccc(OC(F)(F)F)c7)ccc65)nn4)n3n2)c1. The minimum absolute atomic E-state index is 0.126. The standard InChI is InChI=1S/C40H31F3N12O3/c1-22-7-5-8-26(19-22)30-13-17-34-44-24(3)36(54(34)51-30)38(56)45-33-16-12-28(48-50-33)21-53-25(4)37(39(57)46-32-15-11-23(2)47-49-32)55-35(53)18-14-31(52-55)27-9-6-10-29(20-27)58-40(41,42)43/h5-20H,21H2,1-4H3,(H-,45,46,49,50,56,57)/p+1. The summed E-state index contributed by atoms with van der Waals surface area (Å²) in [5.41, 5.74) is 6.70. The Labute approximate surface area is 327 Å². The first-order valence-corrected chi connectivity index (χ1v) is 17.8. The van der Waals surface area contributed by atoms with Crippen molar-refractivity contribution in [2.45, 2.75) is 40.6 Å². The molecule has 18 heteroatoms. The van der Waals surface area contributed by atoms with Gasteiger partial charge in [0.25, 0.3) is 11.6 Å². The lowest BCUT2D eigenvalue weighted by atomic mass is 10.1. The topological polar surface area (TPSA) is 170 Å². The van der Waals surface area contributed by atoms with E-state index in [1.54, 1.807) is 73.9 Å². The van der Waals surface area contributed by atoms with Crippen LogP contribution in [0.25, 0.3) is 33.8 Å². The van der Waals surface area contributed by atoms with Crippen molar-refractivity contribution >= 4 is 34.7 Å². The van der Waals surface area contributed by atoms with E-state index in [4.69, 9.17) is 5.10 Å². The predicted octanol–water partition coefficient (Wildman–Crippen LogP) is 6.26. The third-order valence-electron chi connectivity index (χ3n) is 9.13. The monoisotopic (exact) mass is 785 g/mol. The highest BCUT2D eigenvalue weighted by Gasteiger charge is 2.33. The van der Waals surface area contributed by atoms with Gasteiger partial charge in [-0.05, 0) is 81.4 Å². The number of aryl methyl sites for hydroxylation is 3. The van der Waals surface area contributed by atoms with Gasteiger partial charge in [-0.3, -0.25) is 9.59 Å². The summed E-state index contributed by atoms with van der Waals surface area (Å²) < 4.78 is 47.8. The van der Waals surface area contributed by atoms with Crippen LogP contribution < -0.4 is 19.9 Å². The molecule has 0 saturated carbocycles. The molecule has 290 valence electrons. The number of alkyl halides is 3. The van der Waals surface area contributed by atoms with Crippen LogP contribution in [0.5, 0.6) is 5.75 Å². The second-order valence-electron chi connectivity index (χ2n) is 13.4. The second kappa shape index (κ2) is 14.8. The number of halogens is 3. The molecule has 58 heavy (non-hydrogen) atoms. The zero-order valence-electron chi connectivity index (χ0n) is 31.3. The first kappa shape index (κ1) is 37.3. The number of aromatic nitrogens is 10. The molecule has 15 nitrogen and oxygen atoms in total. The molecular formula is C40H32F3N12O3+. The zero-order chi connectivity index (χ0) is 40.7. The summed E-state index contributed by atoms with van der Waals surface area (Å²) in [5.74, 6) is -1.07. The predicted molar refractivity (Wildman–Crippen MR) is 204 cm³/mol. The number of ether oxygens (including phenoxy) is 1. The third kappa shape index (κ3) is 7.62. The molecule has 6 aromatic heterocycles. The third-order valence-corrected chi connectivity index (χ3v) is 9.13. The normalized spacial score (nSPS) is 11.6. The maximum absolute atomic E-state index is 13.8. The minimum atomic E-state index is -4.88. The quantitative estimate of drug-likeness (QED) is 0.159. The summed E-state index contributed by atoms with van der Waals surface area (Å²) in [6, 6.07) is 26.8. The average molecular weight is 786 g/mol. The number of hydrogen-bond donors (Lipinski definition) is 2. The number of fused-ring (bicyclic) bond motifs is 2. The van der Waals surface area contributed by atoms with Gasteiger partial charge >= 0.3 is 17.9 Å².